The van der Waals surface area contributed by atoms with Crippen LogP contribution in [-0.2, 0) is 0 Å². The highest BCUT2D eigenvalue weighted by molar-refractivity contribution is 5.95. The predicted molar refractivity (Wildman–Crippen MR) is 107 cm³/mol. The van der Waals surface area contributed by atoms with Crippen LogP contribution in [0.5, 0.6) is 0 Å². The van der Waals surface area contributed by atoms with E-state index < -0.39 is 0 Å². The number of pyridine rings is 1. The molecule has 0 aliphatic rings. The molecule has 0 bridgehead atoms. The van der Waals surface area contributed by atoms with E-state index in [1.807, 2.05) is 27.0 Å². The van der Waals surface area contributed by atoms with Crippen LogP contribution in [0.2, 0.25) is 0 Å². The highest BCUT2D eigenvalue weighted by atomic mass is 15.0. The Morgan fingerprint density at radius 1 is 0.885 bits per heavy atom. The predicted octanol–water partition coefficient (Wildman–Crippen LogP) is 3.47. The number of hydrogen-bond donors (Lipinski definition) is 0. The Labute approximate surface area is 152 Å². The minimum absolute atomic E-state index is 0.799. The van der Waals surface area contributed by atoms with E-state index in [0.29, 0.717) is 0 Å². The van der Waals surface area contributed by atoms with Crippen molar-refractivity contribution in [2.75, 3.05) is 0 Å². The summed E-state index contributed by atoms with van der Waals surface area (Å²) >= 11 is 0. The summed E-state index contributed by atoms with van der Waals surface area (Å²) < 4.78 is 2.24. The monoisotopic (exact) mass is 342 g/mol. The quantitative estimate of drug-likeness (QED) is 0.532. The molecule has 26 heavy (non-hydrogen) atoms. The van der Waals surface area contributed by atoms with Crippen LogP contribution in [0.25, 0.3) is 39.8 Å². The standard InChI is InChI=1S/C22H22N4/c1-6-16-17-10-8-9-11-18(17)22-23-12-20(26(22)19(16)7-2)21-13(3)24-15(5)25-14(21)4/h6-12H,1-5H3/b16-6-,19-7+. The highest BCUT2D eigenvalue weighted by Gasteiger charge is 2.16. The first-order chi connectivity index (χ1) is 12.6. The van der Waals surface area contributed by atoms with Gasteiger partial charge in [0.2, 0.25) is 0 Å². The molecule has 1 aromatic carbocycles. The molecule has 4 aromatic rings. The molecule has 4 rings (SSSR count). The number of hydrogen-bond acceptors (Lipinski definition) is 3. The van der Waals surface area contributed by atoms with Crippen LogP contribution in [0.15, 0.2) is 30.5 Å². The van der Waals surface area contributed by atoms with Gasteiger partial charge in [-0.1, -0.05) is 36.4 Å². The molecular weight excluding hydrogens is 320 g/mol. The molecule has 3 heterocycles. The first-order valence-electron chi connectivity index (χ1n) is 8.90. The van der Waals surface area contributed by atoms with Crippen molar-refractivity contribution in [2.24, 2.45) is 0 Å². The molecule has 130 valence electrons. The van der Waals surface area contributed by atoms with Crippen molar-refractivity contribution < 1.29 is 0 Å². The summed E-state index contributed by atoms with van der Waals surface area (Å²) in [4.78, 5) is 14.0. The molecule has 0 saturated carbocycles. The highest BCUT2D eigenvalue weighted by Crippen LogP contribution is 2.27. The fourth-order valence-electron chi connectivity index (χ4n) is 3.98. The normalized spacial score (nSPS) is 13.3. The third-order valence-corrected chi connectivity index (χ3v) is 4.94. The molecule has 0 fully saturated rings. The lowest BCUT2D eigenvalue weighted by molar-refractivity contribution is 0.972. The molecule has 0 N–H and O–H groups in total. The van der Waals surface area contributed by atoms with Gasteiger partial charge in [-0.15, -0.1) is 0 Å². The van der Waals surface area contributed by atoms with Crippen LogP contribution in [0.1, 0.15) is 31.1 Å². The third kappa shape index (κ3) is 2.25. The van der Waals surface area contributed by atoms with Gasteiger partial charge < -0.3 is 0 Å². The summed E-state index contributed by atoms with van der Waals surface area (Å²) in [6.45, 7) is 10.2. The molecule has 0 saturated heterocycles. The Balaban J connectivity index is 2.28. The van der Waals surface area contributed by atoms with Gasteiger partial charge in [-0.05, 0) is 40.0 Å². The minimum Gasteiger partial charge on any atom is -0.292 e. The zero-order valence-corrected chi connectivity index (χ0v) is 15.8. The second kappa shape index (κ2) is 6.06. The Morgan fingerprint density at radius 2 is 1.54 bits per heavy atom. The lowest BCUT2D eigenvalue weighted by Gasteiger charge is -2.11. The summed E-state index contributed by atoms with van der Waals surface area (Å²) in [5.74, 6) is 0.799. The first kappa shape index (κ1) is 16.5. The lowest BCUT2D eigenvalue weighted by atomic mass is 10.1. The zero-order valence-electron chi connectivity index (χ0n) is 15.8. The van der Waals surface area contributed by atoms with E-state index >= 15 is 0 Å². The molecule has 4 heteroatoms. The summed E-state index contributed by atoms with van der Waals surface area (Å²) in [5.41, 5.74) is 5.03. The van der Waals surface area contributed by atoms with E-state index in [0.717, 1.165) is 44.9 Å². The molecule has 0 radical (unpaired) electrons. The first-order valence-corrected chi connectivity index (χ1v) is 8.90. The van der Waals surface area contributed by atoms with Crippen LogP contribution in [0.4, 0.5) is 0 Å². The number of benzene rings is 1. The van der Waals surface area contributed by atoms with Crippen molar-refractivity contribution in [1.29, 1.82) is 0 Å². The van der Waals surface area contributed by atoms with E-state index in [1.165, 1.54) is 10.6 Å². The Kier molecular flexibility index (Phi) is 3.83. The average molecular weight is 342 g/mol. The maximum absolute atomic E-state index is 4.79. The summed E-state index contributed by atoms with van der Waals surface area (Å²) in [6.07, 6.45) is 6.27. The van der Waals surface area contributed by atoms with Crippen molar-refractivity contribution >= 4 is 28.6 Å². The Bertz CT molecular complexity index is 1260. The van der Waals surface area contributed by atoms with Gasteiger partial charge in [0.15, 0.2) is 0 Å². The van der Waals surface area contributed by atoms with Gasteiger partial charge in [0.1, 0.15) is 11.5 Å². The maximum Gasteiger partial charge on any atom is 0.145 e. The summed E-state index contributed by atoms with van der Waals surface area (Å²) in [6, 6.07) is 8.45. The van der Waals surface area contributed by atoms with Crippen LogP contribution >= 0.6 is 0 Å². The van der Waals surface area contributed by atoms with Crippen LogP contribution < -0.4 is 10.6 Å². The SMILES string of the molecule is C/C=c1\c(=C/C)n2c(-c3c(C)nc(C)nc3C)cnc2c2ccccc12. The number of aromatic nitrogens is 4. The van der Waals surface area contributed by atoms with Gasteiger partial charge in [0, 0.05) is 16.2 Å². The zero-order chi connectivity index (χ0) is 18.4. The molecule has 0 aliphatic carbocycles. The number of rotatable bonds is 1. The molecule has 0 aliphatic heterocycles. The van der Waals surface area contributed by atoms with Crippen LogP contribution in [-0.4, -0.2) is 19.4 Å². The molecular formula is C22H22N4. The minimum atomic E-state index is 0.799. The number of aryl methyl sites for hydroxylation is 3. The van der Waals surface area contributed by atoms with Crippen molar-refractivity contribution in [1.82, 2.24) is 19.4 Å². The van der Waals surface area contributed by atoms with Gasteiger partial charge in [-0.3, -0.25) is 4.40 Å². The van der Waals surface area contributed by atoms with Gasteiger partial charge in [0.05, 0.1) is 28.6 Å². The Hall–Kier alpha value is -3.01. The van der Waals surface area contributed by atoms with Crippen molar-refractivity contribution in [3.8, 4) is 11.3 Å². The number of nitrogens with zero attached hydrogens (tertiary/aromatic N) is 4. The van der Waals surface area contributed by atoms with Gasteiger partial charge >= 0.3 is 0 Å². The number of fused-ring (bicyclic) bond motifs is 3. The molecule has 3 aromatic heterocycles. The van der Waals surface area contributed by atoms with Crippen molar-refractivity contribution in [3.63, 3.8) is 0 Å². The molecule has 0 atom stereocenters. The molecule has 0 spiro atoms. The van der Waals surface area contributed by atoms with E-state index in [4.69, 9.17) is 4.98 Å². The lowest BCUT2D eigenvalue weighted by Crippen LogP contribution is -2.32. The fraction of sp³-hybridized carbons (Fsp3) is 0.227. The second-order valence-corrected chi connectivity index (χ2v) is 6.54. The van der Waals surface area contributed by atoms with Gasteiger partial charge in [0.25, 0.3) is 0 Å². The topological polar surface area (TPSA) is 43.1 Å². The average Bonchev–Trinajstić information content (AvgIpc) is 3.04. The largest absolute Gasteiger partial charge is 0.292 e. The molecule has 0 amide bonds. The van der Waals surface area contributed by atoms with Crippen LogP contribution in [0.3, 0.4) is 0 Å². The smallest absolute Gasteiger partial charge is 0.145 e. The van der Waals surface area contributed by atoms with Crippen LogP contribution in [0, 0.1) is 20.8 Å². The molecule has 4 nitrogen and oxygen atoms in total. The van der Waals surface area contributed by atoms with E-state index in [2.05, 4.69) is 64.6 Å². The molecule has 0 unspecified atom stereocenters. The summed E-state index contributed by atoms with van der Waals surface area (Å²) in [7, 11) is 0. The summed E-state index contributed by atoms with van der Waals surface area (Å²) in [5, 5.41) is 4.74. The van der Waals surface area contributed by atoms with Crippen molar-refractivity contribution in [2.45, 2.75) is 34.6 Å². The van der Waals surface area contributed by atoms with Gasteiger partial charge in [-0.25, -0.2) is 15.0 Å². The number of imidazole rings is 1. The van der Waals surface area contributed by atoms with E-state index in [9.17, 15) is 0 Å². The third-order valence-electron chi connectivity index (χ3n) is 4.94. The maximum atomic E-state index is 4.79. The van der Waals surface area contributed by atoms with Gasteiger partial charge in [-0.2, -0.15) is 0 Å². The Morgan fingerprint density at radius 3 is 2.15 bits per heavy atom. The van der Waals surface area contributed by atoms with E-state index in [1.54, 1.807) is 0 Å². The second-order valence-electron chi connectivity index (χ2n) is 6.54. The van der Waals surface area contributed by atoms with Crippen molar-refractivity contribution in [3.05, 3.63) is 58.2 Å². The fourth-order valence-corrected chi connectivity index (χ4v) is 3.98. The van der Waals surface area contributed by atoms with E-state index in [-0.39, 0.29) is 0 Å².